The summed E-state index contributed by atoms with van der Waals surface area (Å²) < 4.78 is 13.1. The monoisotopic (exact) mass is 233 g/mol. The van der Waals surface area contributed by atoms with E-state index >= 15 is 0 Å². The Balaban J connectivity index is 3.23. The molecule has 1 aromatic carbocycles. The van der Waals surface area contributed by atoms with E-state index in [-0.39, 0.29) is 16.3 Å². The molecule has 0 spiro atoms. The number of hydrogen-bond donors (Lipinski definition) is 2. The molecule has 0 amide bonds. The Morgan fingerprint density at radius 3 is 2.67 bits per heavy atom. The predicted molar refractivity (Wildman–Crippen MR) is 48.4 cm³/mol. The molecule has 1 unspecified atom stereocenters. The zero-order valence-electron chi connectivity index (χ0n) is 6.51. The summed E-state index contributed by atoms with van der Waals surface area (Å²) in [7, 11) is 0. The number of phenolic OH excluding ortho intramolecular Hbond substituents is 1. The molecule has 1 atom stereocenters. The van der Waals surface area contributed by atoms with Crippen LogP contribution in [0.4, 0.5) is 4.39 Å². The Morgan fingerprint density at radius 1 is 1.58 bits per heavy atom. The van der Waals surface area contributed by atoms with Gasteiger partial charge in [-0.25, -0.2) is 4.39 Å². The number of aromatic hydroxyl groups is 1. The standard InChI is InChI=1S/C8H9BrFNO/c1-4(11)5-2-7(10)6(9)3-8(5)12/h2-4,12H,11H2,1H3. The summed E-state index contributed by atoms with van der Waals surface area (Å²) in [6.07, 6.45) is 0. The summed E-state index contributed by atoms with van der Waals surface area (Å²) >= 11 is 2.95. The average Bonchev–Trinajstić information content (AvgIpc) is 1.96. The summed E-state index contributed by atoms with van der Waals surface area (Å²) in [6.45, 7) is 1.68. The molecule has 66 valence electrons. The van der Waals surface area contributed by atoms with E-state index in [2.05, 4.69) is 15.9 Å². The van der Waals surface area contributed by atoms with Gasteiger partial charge in [0.25, 0.3) is 0 Å². The van der Waals surface area contributed by atoms with Crippen molar-refractivity contribution >= 4 is 15.9 Å². The molecule has 12 heavy (non-hydrogen) atoms. The molecule has 0 saturated carbocycles. The topological polar surface area (TPSA) is 46.2 Å². The highest BCUT2D eigenvalue weighted by molar-refractivity contribution is 9.10. The first kappa shape index (κ1) is 9.48. The van der Waals surface area contributed by atoms with Gasteiger partial charge in [0.2, 0.25) is 0 Å². The first-order valence-electron chi connectivity index (χ1n) is 3.46. The lowest BCUT2D eigenvalue weighted by molar-refractivity contribution is 0.460. The lowest BCUT2D eigenvalue weighted by Gasteiger charge is -2.08. The minimum absolute atomic E-state index is 0.0123. The van der Waals surface area contributed by atoms with Crippen molar-refractivity contribution in [2.45, 2.75) is 13.0 Å². The van der Waals surface area contributed by atoms with Crippen LogP contribution in [0, 0.1) is 5.82 Å². The van der Waals surface area contributed by atoms with Crippen molar-refractivity contribution < 1.29 is 9.50 Å². The fourth-order valence-corrected chi connectivity index (χ4v) is 1.25. The molecule has 0 saturated heterocycles. The van der Waals surface area contributed by atoms with Gasteiger partial charge in [0.05, 0.1) is 4.47 Å². The van der Waals surface area contributed by atoms with Crippen molar-refractivity contribution in [3.8, 4) is 5.75 Å². The summed E-state index contributed by atoms with van der Waals surface area (Å²) in [5.74, 6) is -0.404. The van der Waals surface area contributed by atoms with Gasteiger partial charge >= 0.3 is 0 Å². The highest BCUT2D eigenvalue weighted by Crippen LogP contribution is 2.28. The summed E-state index contributed by atoms with van der Waals surface area (Å²) in [5, 5.41) is 9.31. The molecule has 0 aliphatic carbocycles. The van der Waals surface area contributed by atoms with Crippen molar-refractivity contribution in [1.29, 1.82) is 0 Å². The van der Waals surface area contributed by atoms with Crippen LogP contribution in [0.2, 0.25) is 0 Å². The second-order valence-corrected chi connectivity index (χ2v) is 3.47. The summed E-state index contributed by atoms with van der Waals surface area (Å²) in [5.41, 5.74) is 5.90. The zero-order chi connectivity index (χ0) is 9.30. The Hall–Kier alpha value is -0.610. The van der Waals surface area contributed by atoms with Crippen molar-refractivity contribution in [1.82, 2.24) is 0 Å². The minimum Gasteiger partial charge on any atom is -0.508 e. The number of nitrogens with two attached hydrogens (primary N) is 1. The van der Waals surface area contributed by atoms with E-state index in [0.717, 1.165) is 0 Å². The fourth-order valence-electron chi connectivity index (χ4n) is 0.916. The quantitative estimate of drug-likeness (QED) is 0.783. The lowest BCUT2D eigenvalue weighted by Crippen LogP contribution is -2.05. The molecule has 4 heteroatoms. The van der Waals surface area contributed by atoms with Crippen LogP contribution < -0.4 is 5.73 Å². The largest absolute Gasteiger partial charge is 0.508 e. The first-order chi connectivity index (χ1) is 5.52. The van der Waals surface area contributed by atoms with Gasteiger partial charge in [-0.2, -0.15) is 0 Å². The molecule has 0 fully saturated rings. The molecule has 3 N–H and O–H groups in total. The predicted octanol–water partition coefficient (Wildman–Crippen LogP) is 2.31. The van der Waals surface area contributed by atoms with Crippen LogP contribution in [0.1, 0.15) is 18.5 Å². The van der Waals surface area contributed by atoms with Crippen LogP contribution in [0.15, 0.2) is 16.6 Å². The third-order valence-electron chi connectivity index (χ3n) is 1.56. The molecule has 1 rings (SSSR count). The minimum atomic E-state index is -0.417. The molecule has 0 bridgehead atoms. The van der Waals surface area contributed by atoms with Gasteiger partial charge in [-0.3, -0.25) is 0 Å². The lowest BCUT2D eigenvalue weighted by atomic mass is 10.1. The van der Waals surface area contributed by atoms with E-state index in [4.69, 9.17) is 5.73 Å². The number of halogens is 2. The van der Waals surface area contributed by atoms with Crippen LogP contribution in [-0.4, -0.2) is 5.11 Å². The fraction of sp³-hybridized carbons (Fsp3) is 0.250. The molecule has 0 aliphatic rings. The molecule has 0 aromatic heterocycles. The van der Waals surface area contributed by atoms with E-state index in [1.165, 1.54) is 12.1 Å². The van der Waals surface area contributed by atoms with E-state index in [1.54, 1.807) is 6.92 Å². The summed E-state index contributed by atoms with van der Waals surface area (Å²) in [6, 6.07) is 2.16. The van der Waals surface area contributed by atoms with Crippen LogP contribution in [0.3, 0.4) is 0 Å². The van der Waals surface area contributed by atoms with E-state index in [9.17, 15) is 9.50 Å². The maximum absolute atomic E-state index is 12.9. The van der Waals surface area contributed by atoms with Gasteiger partial charge in [0.1, 0.15) is 11.6 Å². The highest BCUT2D eigenvalue weighted by atomic mass is 79.9. The SMILES string of the molecule is CC(N)c1cc(F)c(Br)cc1O. The normalized spacial score (nSPS) is 13.0. The number of hydrogen-bond acceptors (Lipinski definition) is 2. The maximum atomic E-state index is 12.9. The first-order valence-corrected chi connectivity index (χ1v) is 4.25. The van der Waals surface area contributed by atoms with Crippen LogP contribution in [0.5, 0.6) is 5.75 Å². The van der Waals surface area contributed by atoms with Gasteiger partial charge in [-0.15, -0.1) is 0 Å². The Kier molecular flexibility index (Phi) is 2.69. The molecule has 2 nitrogen and oxygen atoms in total. The molecular weight excluding hydrogens is 225 g/mol. The molecule has 0 radical (unpaired) electrons. The highest BCUT2D eigenvalue weighted by Gasteiger charge is 2.09. The summed E-state index contributed by atoms with van der Waals surface area (Å²) in [4.78, 5) is 0. The van der Waals surface area contributed by atoms with Crippen molar-refractivity contribution in [3.63, 3.8) is 0 Å². The van der Waals surface area contributed by atoms with Crippen LogP contribution in [0.25, 0.3) is 0 Å². The zero-order valence-corrected chi connectivity index (χ0v) is 8.10. The van der Waals surface area contributed by atoms with E-state index < -0.39 is 5.82 Å². The van der Waals surface area contributed by atoms with Gasteiger partial charge in [0.15, 0.2) is 0 Å². The number of rotatable bonds is 1. The van der Waals surface area contributed by atoms with Gasteiger partial charge < -0.3 is 10.8 Å². The number of benzene rings is 1. The van der Waals surface area contributed by atoms with Crippen molar-refractivity contribution in [2.24, 2.45) is 5.73 Å². The van der Waals surface area contributed by atoms with Crippen LogP contribution >= 0.6 is 15.9 Å². The van der Waals surface area contributed by atoms with Crippen LogP contribution in [-0.2, 0) is 0 Å². The number of phenols is 1. The molecule has 0 heterocycles. The van der Waals surface area contributed by atoms with Gasteiger partial charge in [0, 0.05) is 11.6 Å². The van der Waals surface area contributed by atoms with E-state index in [0.29, 0.717) is 5.56 Å². The third kappa shape index (κ3) is 1.76. The third-order valence-corrected chi connectivity index (χ3v) is 2.17. The Morgan fingerprint density at radius 2 is 2.17 bits per heavy atom. The smallest absolute Gasteiger partial charge is 0.137 e. The van der Waals surface area contributed by atoms with E-state index in [1.807, 2.05) is 0 Å². The van der Waals surface area contributed by atoms with Crippen molar-refractivity contribution in [2.75, 3.05) is 0 Å². The average molecular weight is 234 g/mol. The molecule has 0 aliphatic heterocycles. The van der Waals surface area contributed by atoms with Gasteiger partial charge in [-0.05, 0) is 35.0 Å². The Labute approximate surface area is 78.3 Å². The van der Waals surface area contributed by atoms with Gasteiger partial charge in [-0.1, -0.05) is 0 Å². The molecule has 1 aromatic rings. The maximum Gasteiger partial charge on any atom is 0.137 e. The second kappa shape index (κ2) is 3.41. The Bertz CT molecular complexity index is 301. The second-order valence-electron chi connectivity index (χ2n) is 2.61. The molecular formula is C8H9BrFNO. The van der Waals surface area contributed by atoms with Crippen molar-refractivity contribution in [3.05, 3.63) is 28.0 Å².